The maximum atomic E-state index is 12.6. The van der Waals surface area contributed by atoms with Crippen LogP contribution in [0.25, 0.3) is 0 Å². The second-order valence-electron chi connectivity index (χ2n) is 6.11. The van der Waals surface area contributed by atoms with Crippen molar-refractivity contribution in [2.45, 2.75) is 32.7 Å². The Morgan fingerprint density at radius 3 is 2.12 bits per heavy atom. The minimum absolute atomic E-state index is 0.228. The molecule has 0 radical (unpaired) electrons. The van der Waals surface area contributed by atoms with E-state index >= 15 is 0 Å². The summed E-state index contributed by atoms with van der Waals surface area (Å²) in [6.45, 7) is 5.93. The van der Waals surface area contributed by atoms with Crippen LogP contribution in [-0.4, -0.2) is 37.4 Å². The molecule has 1 atom stereocenters. The van der Waals surface area contributed by atoms with Gasteiger partial charge >= 0.3 is 0 Å². The first-order valence-electron chi connectivity index (χ1n) is 8.18. The average molecular weight is 426 g/mol. The number of aromatic nitrogens is 2. The Balaban J connectivity index is 2.27. The molecule has 2 aromatic rings. The zero-order valence-electron chi connectivity index (χ0n) is 15.8. The zero-order chi connectivity index (χ0) is 19.4. The van der Waals surface area contributed by atoms with E-state index in [1.54, 1.807) is 21.3 Å². The van der Waals surface area contributed by atoms with Gasteiger partial charge in [-0.3, -0.25) is 9.89 Å². The van der Waals surface area contributed by atoms with E-state index in [9.17, 15) is 4.79 Å². The summed E-state index contributed by atoms with van der Waals surface area (Å²) in [5.74, 6) is 1.53. The number of H-pyrrole nitrogens is 1. The predicted molar refractivity (Wildman–Crippen MR) is 102 cm³/mol. The second kappa shape index (κ2) is 8.44. The quantitative estimate of drug-likeness (QED) is 0.703. The van der Waals surface area contributed by atoms with Crippen molar-refractivity contribution in [3.63, 3.8) is 0 Å². The van der Waals surface area contributed by atoms with Crippen LogP contribution in [0.4, 0.5) is 0 Å². The summed E-state index contributed by atoms with van der Waals surface area (Å²) in [6, 6.07) is 3.33. The number of amides is 1. The van der Waals surface area contributed by atoms with Gasteiger partial charge in [-0.15, -0.1) is 0 Å². The Bertz CT molecular complexity index is 764. The third-order valence-electron chi connectivity index (χ3n) is 4.06. The first kappa shape index (κ1) is 20.1. The number of hydrogen-bond acceptors (Lipinski definition) is 5. The lowest BCUT2D eigenvalue weighted by atomic mass is 10.1. The fourth-order valence-corrected chi connectivity index (χ4v) is 3.39. The molecule has 142 valence electrons. The minimum Gasteiger partial charge on any atom is -0.493 e. The molecule has 2 N–H and O–H groups in total. The summed E-state index contributed by atoms with van der Waals surface area (Å²) in [4.78, 5) is 12.6. The predicted octanol–water partition coefficient (Wildman–Crippen LogP) is 3.81. The molecule has 0 bridgehead atoms. The van der Waals surface area contributed by atoms with Crippen LogP contribution in [0, 0.1) is 0 Å². The highest BCUT2D eigenvalue weighted by molar-refractivity contribution is 9.10. The van der Waals surface area contributed by atoms with E-state index in [0.29, 0.717) is 27.4 Å². The Kier molecular flexibility index (Phi) is 6.52. The van der Waals surface area contributed by atoms with Gasteiger partial charge in [0.2, 0.25) is 5.75 Å². The number of ether oxygens (including phenoxy) is 3. The Labute approximate surface area is 161 Å². The Morgan fingerprint density at radius 2 is 1.69 bits per heavy atom. The number of nitrogens with one attached hydrogen (secondary N) is 2. The van der Waals surface area contributed by atoms with Gasteiger partial charge in [-0.05, 0) is 46.5 Å². The van der Waals surface area contributed by atoms with E-state index in [0.717, 1.165) is 11.3 Å². The van der Waals surface area contributed by atoms with E-state index in [1.165, 1.54) is 0 Å². The molecular weight excluding hydrogens is 402 g/mol. The molecule has 1 unspecified atom stereocenters. The molecule has 8 heteroatoms. The van der Waals surface area contributed by atoms with Crippen LogP contribution in [0.15, 0.2) is 16.6 Å². The van der Waals surface area contributed by atoms with Crippen molar-refractivity contribution in [2.24, 2.45) is 0 Å². The lowest BCUT2D eigenvalue weighted by Gasteiger charge is -2.18. The minimum atomic E-state index is -0.290. The fraction of sp³-hybridized carbons (Fsp3) is 0.444. The molecule has 0 aliphatic heterocycles. The van der Waals surface area contributed by atoms with E-state index in [-0.39, 0.29) is 17.9 Å². The molecule has 26 heavy (non-hydrogen) atoms. The molecule has 0 saturated heterocycles. The van der Waals surface area contributed by atoms with Crippen molar-refractivity contribution in [2.75, 3.05) is 21.3 Å². The van der Waals surface area contributed by atoms with E-state index < -0.39 is 0 Å². The first-order chi connectivity index (χ1) is 12.3. The number of carbonyl (C=O) groups excluding carboxylic acids is 1. The lowest BCUT2D eigenvalue weighted by molar-refractivity contribution is 0.0934. The summed E-state index contributed by atoms with van der Waals surface area (Å²) < 4.78 is 16.7. The molecule has 1 aromatic heterocycles. The van der Waals surface area contributed by atoms with Crippen LogP contribution < -0.4 is 19.5 Å². The van der Waals surface area contributed by atoms with Gasteiger partial charge in [-0.1, -0.05) is 13.8 Å². The molecule has 1 amide bonds. The lowest BCUT2D eigenvalue weighted by Crippen LogP contribution is -2.27. The molecule has 0 aliphatic carbocycles. The number of hydrogen-bond donors (Lipinski definition) is 2. The average Bonchev–Trinajstić information content (AvgIpc) is 3.01. The summed E-state index contributed by atoms with van der Waals surface area (Å²) in [6.07, 6.45) is 0. The third kappa shape index (κ3) is 3.95. The van der Waals surface area contributed by atoms with Crippen LogP contribution in [-0.2, 0) is 0 Å². The van der Waals surface area contributed by atoms with Crippen molar-refractivity contribution in [3.8, 4) is 17.2 Å². The smallest absolute Gasteiger partial charge is 0.273 e. The fourth-order valence-electron chi connectivity index (χ4n) is 2.57. The van der Waals surface area contributed by atoms with Crippen LogP contribution in [0.5, 0.6) is 17.2 Å². The Hall–Kier alpha value is -2.22. The van der Waals surface area contributed by atoms with E-state index in [4.69, 9.17) is 14.2 Å². The van der Waals surface area contributed by atoms with Crippen LogP contribution >= 0.6 is 15.9 Å². The van der Waals surface area contributed by atoms with Crippen molar-refractivity contribution >= 4 is 21.8 Å². The number of aromatic amines is 1. The second-order valence-corrected chi connectivity index (χ2v) is 6.90. The maximum Gasteiger partial charge on any atom is 0.273 e. The Morgan fingerprint density at radius 1 is 1.12 bits per heavy atom. The number of benzene rings is 1. The molecule has 2 rings (SSSR count). The molecule has 1 aromatic carbocycles. The van der Waals surface area contributed by atoms with Crippen molar-refractivity contribution in [1.82, 2.24) is 15.5 Å². The summed E-state index contributed by atoms with van der Waals surface area (Å²) in [7, 11) is 4.66. The molecule has 1 heterocycles. The highest BCUT2D eigenvalue weighted by atomic mass is 79.9. The zero-order valence-corrected chi connectivity index (χ0v) is 17.4. The van der Waals surface area contributed by atoms with Crippen molar-refractivity contribution in [3.05, 3.63) is 33.6 Å². The van der Waals surface area contributed by atoms with Gasteiger partial charge in [0.05, 0.1) is 37.5 Å². The van der Waals surface area contributed by atoms with Crippen LogP contribution in [0.1, 0.15) is 54.5 Å². The van der Waals surface area contributed by atoms with Crippen molar-refractivity contribution in [1.29, 1.82) is 0 Å². The third-order valence-corrected chi connectivity index (χ3v) is 4.86. The van der Waals surface area contributed by atoms with Crippen LogP contribution in [0.3, 0.4) is 0 Å². The van der Waals surface area contributed by atoms with Crippen LogP contribution in [0.2, 0.25) is 0 Å². The summed E-state index contributed by atoms with van der Waals surface area (Å²) in [5.41, 5.74) is 2.03. The molecule has 0 spiro atoms. The van der Waals surface area contributed by atoms with Gasteiger partial charge in [0.15, 0.2) is 17.2 Å². The van der Waals surface area contributed by atoms with Gasteiger partial charge in [-0.25, -0.2) is 0 Å². The monoisotopic (exact) mass is 425 g/mol. The molecule has 0 fully saturated rings. The number of rotatable bonds is 7. The molecule has 0 aliphatic rings. The van der Waals surface area contributed by atoms with Gasteiger partial charge < -0.3 is 19.5 Å². The first-order valence-corrected chi connectivity index (χ1v) is 8.97. The van der Waals surface area contributed by atoms with E-state index in [1.807, 2.05) is 32.9 Å². The number of carbonyl (C=O) groups is 1. The van der Waals surface area contributed by atoms with E-state index in [2.05, 4.69) is 31.4 Å². The molecular formula is C18H24BrN3O4. The number of methoxy groups -OCH3 is 3. The highest BCUT2D eigenvalue weighted by Gasteiger charge is 2.22. The topological polar surface area (TPSA) is 85.5 Å². The highest BCUT2D eigenvalue weighted by Crippen LogP contribution is 2.39. The summed E-state index contributed by atoms with van der Waals surface area (Å²) >= 11 is 3.45. The maximum absolute atomic E-state index is 12.6. The number of nitrogens with zero attached hydrogens (tertiary/aromatic N) is 1. The molecule has 0 saturated carbocycles. The number of halogens is 1. The molecule has 7 nitrogen and oxygen atoms in total. The summed E-state index contributed by atoms with van der Waals surface area (Å²) in [5, 5.41) is 9.97. The van der Waals surface area contributed by atoms with Gasteiger partial charge in [0.25, 0.3) is 5.91 Å². The van der Waals surface area contributed by atoms with Gasteiger partial charge in [-0.2, -0.15) is 5.10 Å². The van der Waals surface area contributed by atoms with Crippen molar-refractivity contribution < 1.29 is 19.0 Å². The SMILES string of the molecule is COc1cc(C(C)NC(=O)c2n[nH]c(C(C)C)c2Br)cc(OC)c1OC. The largest absolute Gasteiger partial charge is 0.493 e. The normalized spacial score (nSPS) is 12.0. The van der Waals surface area contributed by atoms with Gasteiger partial charge in [0, 0.05) is 0 Å². The standard InChI is InChI=1S/C18H24BrN3O4/c1-9(2)15-14(19)16(22-21-15)18(23)20-10(3)11-7-12(24-4)17(26-6)13(8-11)25-5/h7-10H,1-6H3,(H,20,23)(H,21,22). The van der Waals surface area contributed by atoms with Gasteiger partial charge in [0.1, 0.15) is 0 Å².